The first-order valence-corrected chi connectivity index (χ1v) is 10.8. The van der Waals surface area contributed by atoms with Gasteiger partial charge in [-0.25, -0.2) is 4.39 Å². The Hall–Kier alpha value is -4.00. The Morgan fingerprint density at radius 3 is 2.30 bits per heavy atom. The van der Waals surface area contributed by atoms with Gasteiger partial charge in [-0.1, -0.05) is 42.8 Å². The zero-order valence-corrected chi connectivity index (χ0v) is 17.6. The molecule has 0 radical (unpaired) electrons. The third kappa shape index (κ3) is 4.22. The van der Waals surface area contributed by atoms with Crippen LogP contribution in [0.25, 0.3) is 22.2 Å². The number of carboxylic acid groups (broad SMARTS) is 1. The molecule has 6 nitrogen and oxygen atoms in total. The number of Topliss-reactive ketones (excluding diaryl/α,β-unsaturated/α-hetero) is 1. The molecule has 1 aliphatic carbocycles. The van der Waals surface area contributed by atoms with E-state index in [4.69, 9.17) is 4.42 Å². The Balaban J connectivity index is 1.29. The number of hydrogen-bond acceptors (Lipinski definition) is 5. The maximum absolute atomic E-state index is 13.3. The molecule has 1 heterocycles. The highest BCUT2D eigenvalue weighted by Crippen LogP contribution is 2.35. The van der Waals surface area contributed by atoms with Crippen LogP contribution in [-0.4, -0.2) is 21.8 Å². The molecule has 0 spiro atoms. The highest BCUT2D eigenvalue weighted by molar-refractivity contribution is 6.00. The van der Waals surface area contributed by atoms with Crippen molar-refractivity contribution in [1.82, 2.24) is 4.98 Å². The maximum atomic E-state index is 13.3. The molecule has 2 N–H and O–H groups in total. The van der Waals surface area contributed by atoms with Crippen LogP contribution in [0, 0.1) is 17.7 Å². The number of rotatable bonds is 6. The lowest BCUT2D eigenvalue weighted by molar-refractivity contribution is -0.142. The van der Waals surface area contributed by atoms with Crippen molar-refractivity contribution in [2.24, 2.45) is 11.8 Å². The van der Waals surface area contributed by atoms with E-state index in [2.05, 4.69) is 10.3 Å². The highest BCUT2D eigenvalue weighted by Gasteiger charge is 2.37. The molecule has 0 saturated heterocycles. The van der Waals surface area contributed by atoms with Crippen LogP contribution >= 0.6 is 0 Å². The third-order valence-electron chi connectivity index (χ3n) is 6.16. The Bertz CT molecular complexity index is 1330. The molecule has 1 aromatic heterocycles. The number of hydrogen-bond donors (Lipinski definition) is 2. The first kappa shape index (κ1) is 20.9. The van der Waals surface area contributed by atoms with Crippen LogP contribution < -0.4 is 5.32 Å². The molecule has 1 fully saturated rings. The molecule has 7 heteroatoms. The quantitative estimate of drug-likeness (QED) is 0.351. The maximum Gasteiger partial charge on any atom is 0.307 e. The fraction of sp³-hybridized carbons (Fsp3) is 0.192. The number of carbonyl (C=O) groups excluding carboxylic acids is 1. The Morgan fingerprint density at radius 1 is 0.939 bits per heavy atom. The van der Waals surface area contributed by atoms with E-state index in [0.29, 0.717) is 29.5 Å². The van der Waals surface area contributed by atoms with Crippen molar-refractivity contribution in [1.29, 1.82) is 0 Å². The lowest BCUT2D eigenvalue weighted by atomic mass is 9.88. The molecule has 1 saturated carbocycles. The lowest BCUT2D eigenvalue weighted by Gasteiger charge is -2.14. The predicted molar refractivity (Wildman–Crippen MR) is 122 cm³/mol. The largest absolute Gasteiger partial charge is 0.481 e. The summed E-state index contributed by atoms with van der Waals surface area (Å²) in [7, 11) is 0. The molecule has 33 heavy (non-hydrogen) atoms. The van der Waals surface area contributed by atoms with Crippen LogP contribution in [0.2, 0.25) is 0 Å². The van der Waals surface area contributed by atoms with Crippen LogP contribution in [0.1, 0.15) is 29.6 Å². The number of ketones is 1. The van der Waals surface area contributed by atoms with Crippen molar-refractivity contribution in [3.63, 3.8) is 0 Å². The Kier molecular flexibility index (Phi) is 5.38. The van der Waals surface area contributed by atoms with Crippen molar-refractivity contribution in [2.45, 2.75) is 19.3 Å². The zero-order valence-electron chi connectivity index (χ0n) is 17.6. The van der Waals surface area contributed by atoms with Gasteiger partial charge in [0.2, 0.25) is 0 Å². The first-order valence-electron chi connectivity index (χ1n) is 10.8. The number of aromatic nitrogens is 1. The van der Waals surface area contributed by atoms with Crippen LogP contribution in [0.4, 0.5) is 16.1 Å². The van der Waals surface area contributed by atoms with Gasteiger partial charge < -0.3 is 14.8 Å². The normalized spacial score (nSPS) is 17.8. The standard InChI is InChI=1S/C26H21FN2O4/c27-18-10-13-22-23(14-18)33-26(29-22)28-19-11-8-16(9-12-19)15-4-6-17(7-5-15)24(30)20-2-1-3-21(20)25(31)32/h4-14,20-21H,1-3H2,(H,28,29)(H,31,32)/t20-,21-/m1/s1. The van der Waals surface area contributed by atoms with E-state index in [0.717, 1.165) is 23.2 Å². The predicted octanol–water partition coefficient (Wildman–Crippen LogP) is 6.06. The summed E-state index contributed by atoms with van der Waals surface area (Å²) in [4.78, 5) is 28.5. The van der Waals surface area contributed by atoms with Crippen molar-refractivity contribution in [2.75, 3.05) is 5.32 Å². The molecule has 166 valence electrons. The molecule has 1 aliphatic rings. The van der Waals surface area contributed by atoms with Gasteiger partial charge in [-0.05, 0) is 48.2 Å². The fourth-order valence-electron chi connectivity index (χ4n) is 4.43. The summed E-state index contributed by atoms with van der Waals surface area (Å²) in [6.45, 7) is 0. The van der Waals surface area contributed by atoms with E-state index in [1.807, 2.05) is 36.4 Å². The molecule has 0 amide bonds. The molecule has 3 aromatic carbocycles. The second kappa shape index (κ2) is 8.50. The van der Waals surface area contributed by atoms with Gasteiger partial charge >= 0.3 is 5.97 Å². The average molecular weight is 444 g/mol. The van der Waals surface area contributed by atoms with Crippen molar-refractivity contribution >= 4 is 34.6 Å². The molecule has 0 aliphatic heterocycles. The number of nitrogens with zero attached hydrogens (tertiary/aromatic N) is 1. The minimum absolute atomic E-state index is 0.0933. The van der Waals surface area contributed by atoms with Gasteiger partial charge in [-0.3, -0.25) is 9.59 Å². The smallest absolute Gasteiger partial charge is 0.307 e. The molecule has 0 unspecified atom stereocenters. The highest BCUT2D eigenvalue weighted by atomic mass is 19.1. The van der Waals surface area contributed by atoms with E-state index in [9.17, 15) is 19.1 Å². The number of anilines is 2. The number of benzene rings is 3. The minimum atomic E-state index is -0.888. The van der Waals surface area contributed by atoms with Gasteiger partial charge in [0.1, 0.15) is 11.3 Å². The monoisotopic (exact) mass is 444 g/mol. The van der Waals surface area contributed by atoms with Gasteiger partial charge in [0.25, 0.3) is 6.01 Å². The van der Waals surface area contributed by atoms with E-state index in [1.54, 1.807) is 18.2 Å². The Labute approximate surface area is 189 Å². The summed E-state index contributed by atoms with van der Waals surface area (Å²) >= 11 is 0. The van der Waals surface area contributed by atoms with Gasteiger partial charge in [0.05, 0.1) is 5.92 Å². The van der Waals surface area contributed by atoms with E-state index in [1.165, 1.54) is 12.1 Å². The SMILES string of the molecule is O=C(O)[C@@H]1CCC[C@H]1C(=O)c1ccc(-c2ccc(Nc3nc4ccc(F)cc4o3)cc2)cc1. The van der Waals surface area contributed by atoms with Crippen molar-refractivity contribution < 1.29 is 23.5 Å². The number of aliphatic carboxylic acids is 1. The molecule has 5 rings (SSSR count). The van der Waals surface area contributed by atoms with E-state index in [-0.39, 0.29) is 17.6 Å². The summed E-state index contributed by atoms with van der Waals surface area (Å²) < 4.78 is 18.9. The van der Waals surface area contributed by atoms with Gasteiger partial charge in [0.15, 0.2) is 11.4 Å². The minimum Gasteiger partial charge on any atom is -0.481 e. The number of carboxylic acids is 1. The van der Waals surface area contributed by atoms with Crippen molar-refractivity contribution in [3.05, 3.63) is 78.1 Å². The number of oxazole rings is 1. The summed E-state index contributed by atoms with van der Waals surface area (Å²) in [5.41, 5.74) is 4.15. The molecular formula is C26H21FN2O4. The number of halogens is 1. The molecule has 0 bridgehead atoms. The second-order valence-electron chi connectivity index (χ2n) is 8.26. The van der Waals surface area contributed by atoms with Gasteiger partial charge in [-0.15, -0.1) is 0 Å². The zero-order chi connectivity index (χ0) is 22.9. The number of fused-ring (bicyclic) bond motifs is 1. The number of nitrogens with one attached hydrogen (secondary N) is 1. The fourth-order valence-corrected chi connectivity index (χ4v) is 4.43. The van der Waals surface area contributed by atoms with E-state index >= 15 is 0 Å². The summed E-state index contributed by atoms with van der Waals surface area (Å²) in [6.07, 6.45) is 1.96. The van der Waals surface area contributed by atoms with Crippen LogP contribution in [0.5, 0.6) is 0 Å². The second-order valence-corrected chi connectivity index (χ2v) is 8.26. The van der Waals surface area contributed by atoms with Crippen LogP contribution in [0.15, 0.2) is 71.1 Å². The summed E-state index contributed by atoms with van der Waals surface area (Å²) in [5.74, 6) is -2.39. The lowest BCUT2D eigenvalue weighted by Crippen LogP contribution is -2.25. The van der Waals surface area contributed by atoms with E-state index < -0.39 is 17.8 Å². The summed E-state index contributed by atoms with van der Waals surface area (Å²) in [6, 6.07) is 19.3. The van der Waals surface area contributed by atoms with Crippen molar-refractivity contribution in [3.8, 4) is 11.1 Å². The number of carbonyl (C=O) groups is 2. The Morgan fingerprint density at radius 2 is 1.61 bits per heavy atom. The summed E-state index contributed by atoms with van der Waals surface area (Å²) in [5, 5.41) is 12.4. The first-order chi connectivity index (χ1) is 16.0. The molecular weight excluding hydrogens is 423 g/mol. The van der Waals surface area contributed by atoms with Crippen LogP contribution in [-0.2, 0) is 4.79 Å². The van der Waals surface area contributed by atoms with Crippen LogP contribution in [0.3, 0.4) is 0 Å². The van der Waals surface area contributed by atoms with Gasteiger partial charge in [0, 0.05) is 23.2 Å². The molecule has 4 aromatic rings. The topological polar surface area (TPSA) is 92.4 Å². The molecule has 2 atom stereocenters. The van der Waals surface area contributed by atoms with Gasteiger partial charge in [-0.2, -0.15) is 4.98 Å². The average Bonchev–Trinajstić information content (AvgIpc) is 3.46. The third-order valence-corrected chi connectivity index (χ3v) is 6.16.